The number of ether oxygens (including phenoxy) is 1. The van der Waals surface area contributed by atoms with E-state index in [1.165, 1.54) is 0 Å². The van der Waals surface area contributed by atoms with Crippen LogP contribution < -0.4 is 5.32 Å². The molecule has 0 atom stereocenters. The third kappa shape index (κ3) is 6.12. The SMILES string of the molecule is CC(C)(C)OC(=O)NCCCn1cc(-c2cc(Cl)cc(C#N)c2)cn1. The van der Waals surface area contributed by atoms with Crippen LogP contribution in [0.3, 0.4) is 0 Å². The molecule has 1 aromatic heterocycles. The number of nitrogens with zero attached hydrogens (tertiary/aromatic N) is 3. The van der Waals surface area contributed by atoms with Crippen LogP contribution in [0.1, 0.15) is 32.8 Å². The molecule has 0 fully saturated rings. The summed E-state index contributed by atoms with van der Waals surface area (Å²) in [4.78, 5) is 11.6. The number of hydrogen-bond acceptors (Lipinski definition) is 4. The van der Waals surface area contributed by atoms with Gasteiger partial charge in [-0.3, -0.25) is 4.68 Å². The minimum atomic E-state index is -0.500. The largest absolute Gasteiger partial charge is 0.444 e. The molecule has 6 nitrogen and oxygen atoms in total. The zero-order chi connectivity index (χ0) is 18.4. The quantitative estimate of drug-likeness (QED) is 0.817. The molecule has 0 unspecified atom stereocenters. The maximum Gasteiger partial charge on any atom is 0.407 e. The molecule has 25 heavy (non-hydrogen) atoms. The highest BCUT2D eigenvalue weighted by Crippen LogP contribution is 2.24. The van der Waals surface area contributed by atoms with E-state index < -0.39 is 11.7 Å². The minimum absolute atomic E-state index is 0.420. The lowest BCUT2D eigenvalue weighted by atomic mass is 10.1. The Morgan fingerprint density at radius 3 is 2.80 bits per heavy atom. The summed E-state index contributed by atoms with van der Waals surface area (Å²) in [5, 5.41) is 16.6. The Morgan fingerprint density at radius 1 is 1.36 bits per heavy atom. The number of alkyl carbamates (subject to hydrolysis) is 1. The Kier molecular flexibility index (Phi) is 6.05. The average molecular weight is 361 g/mol. The number of amides is 1. The van der Waals surface area contributed by atoms with Gasteiger partial charge in [0, 0.05) is 29.9 Å². The van der Waals surface area contributed by atoms with Crippen LogP contribution in [0.2, 0.25) is 5.02 Å². The van der Waals surface area contributed by atoms with E-state index >= 15 is 0 Å². The first-order valence-electron chi connectivity index (χ1n) is 7.97. The lowest BCUT2D eigenvalue weighted by Crippen LogP contribution is -2.33. The van der Waals surface area contributed by atoms with Crippen LogP contribution in [-0.4, -0.2) is 28.0 Å². The summed E-state index contributed by atoms with van der Waals surface area (Å²) in [5.74, 6) is 0. The molecule has 0 saturated carbocycles. The molecule has 1 aromatic carbocycles. The molecule has 2 aromatic rings. The number of carbonyl (C=O) groups excluding carboxylic acids is 1. The fourth-order valence-electron chi connectivity index (χ4n) is 2.20. The predicted octanol–water partition coefficient (Wildman–Crippen LogP) is 3.99. The van der Waals surface area contributed by atoms with E-state index in [9.17, 15) is 4.79 Å². The lowest BCUT2D eigenvalue weighted by molar-refractivity contribution is 0.0526. The molecule has 1 amide bonds. The summed E-state index contributed by atoms with van der Waals surface area (Å²) < 4.78 is 6.96. The van der Waals surface area contributed by atoms with E-state index in [4.69, 9.17) is 21.6 Å². The van der Waals surface area contributed by atoms with E-state index in [1.807, 2.05) is 27.0 Å². The molecule has 0 bridgehead atoms. The van der Waals surface area contributed by atoms with Gasteiger partial charge >= 0.3 is 6.09 Å². The van der Waals surface area contributed by atoms with Gasteiger partial charge < -0.3 is 10.1 Å². The number of halogens is 1. The zero-order valence-corrected chi connectivity index (χ0v) is 15.3. The molecule has 0 aliphatic heterocycles. The Labute approximate surface area is 152 Å². The normalized spacial score (nSPS) is 11.0. The maximum atomic E-state index is 11.6. The van der Waals surface area contributed by atoms with Crippen LogP contribution in [0.4, 0.5) is 4.79 Å². The van der Waals surface area contributed by atoms with Crippen LogP contribution in [-0.2, 0) is 11.3 Å². The number of nitriles is 1. The van der Waals surface area contributed by atoms with Crippen molar-refractivity contribution in [2.24, 2.45) is 0 Å². The van der Waals surface area contributed by atoms with Crippen molar-refractivity contribution in [2.75, 3.05) is 6.54 Å². The second-order valence-electron chi connectivity index (χ2n) is 6.61. The van der Waals surface area contributed by atoms with E-state index in [-0.39, 0.29) is 0 Å². The van der Waals surface area contributed by atoms with Crippen molar-refractivity contribution < 1.29 is 9.53 Å². The van der Waals surface area contributed by atoms with Gasteiger partial charge in [0.25, 0.3) is 0 Å². The van der Waals surface area contributed by atoms with Crippen LogP contribution in [0.25, 0.3) is 11.1 Å². The molecule has 0 aliphatic rings. The third-order valence-electron chi connectivity index (χ3n) is 3.23. The zero-order valence-electron chi connectivity index (χ0n) is 14.5. The van der Waals surface area contributed by atoms with Gasteiger partial charge in [-0.1, -0.05) is 11.6 Å². The predicted molar refractivity (Wildman–Crippen MR) is 96.2 cm³/mol. The fraction of sp³-hybridized carbons (Fsp3) is 0.389. The van der Waals surface area contributed by atoms with E-state index in [0.29, 0.717) is 23.7 Å². The molecule has 0 radical (unpaired) electrons. The monoisotopic (exact) mass is 360 g/mol. The van der Waals surface area contributed by atoms with Crippen molar-refractivity contribution in [1.82, 2.24) is 15.1 Å². The van der Waals surface area contributed by atoms with Gasteiger partial charge in [0.1, 0.15) is 5.60 Å². The maximum absolute atomic E-state index is 11.6. The number of nitrogens with one attached hydrogen (secondary N) is 1. The Balaban J connectivity index is 1.87. The van der Waals surface area contributed by atoms with Gasteiger partial charge in [-0.15, -0.1) is 0 Å². The molecule has 1 N–H and O–H groups in total. The van der Waals surface area contributed by atoms with E-state index in [2.05, 4.69) is 16.5 Å². The minimum Gasteiger partial charge on any atom is -0.444 e. The Bertz CT molecular complexity index is 787. The molecule has 0 aliphatic carbocycles. The van der Waals surface area contributed by atoms with Gasteiger partial charge in [-0.2, -0.15) is 10.4 Å². The molecule has 7 heteroatoms. The molecule has 132 valence electrons. The summed E-state index contributed by atoms with van der Waals surface area (Å²) in [6.45, 7) is 6.63. The highest BCUT2D eigenvalue weighted by molar-refractivity contribution is 6.31. The molecule has 1 heterocycles. The highest BCUT2D eigenvalue weighted by Gasteiger charge is 2.15. The third-order valence-corrected chi connectivity index (χ3v) is 3.44. The second-order valence-corrected chi connectivity index (χ2v) is 7.05. The summed E-state index contributed by atoms with van der Waals surface area (Å²) in [7, 11) is 0. The summed E-state index contributed by atoms with van der Waals surface area (Å²) >= 11 is 6.03. The summed E-state index contributed by atoms with van der Waals surface area (Å²) in [5.41, 5.74) is 1.75. The highest BCUT2D eigenvalue weighted by atomic mass is 35.5. The summed E-state index contributed by atoms with van der Waals surface area (Å²) in [6.07, 6.45) is 3.92. The van der Waals surface area contributed by atoms with Crippen LogP contribution in [0, 0.1) is 11.3 Å². The van der Waals surface area contributed by atoms with Gasteiger partial charge in [0.2, 0.25) is 0 Å². The molecular formula is C18H21ClN4O2. The van der Waals surface area contributed by atoms with Gasteiger partial charge in [-0.25, -0.2) is 4.79 Å². The number of hydrogen-bond donors (Lipinski definition) is 1. The first kappa shape index (κ1) is 18.8. The van der Waals surface area contributed by atoms with E-state index in [0.717, 1.165) is 17.5 Å². The van der Waals surface area contributed by atoms with Crippen molar-refractivity contribution in [3.63, 3.8) is 0 Å². The van der Waals surface area contributed by atoms with Crippen LogP contribution in [0.5, 0.6) is 0 Å². The summed E-state index contributed by atoms with van der Waals surface area (Å²) in [6, 6.07) is 7.29. The number of benzene rings is 1. The van der Waals surface area contributed by atoms with Crippen LogP contribution in [0.15, 0.2) is 30.6 Å². The van der Waals surface area contributed by atoms with Crippen molar-refractivity contribution in [3.05, 3.63) is 41.2 Å². The number of aryl methyl sites for hydroxylation is 1. The molecule has 0 spiro atoms. The Morgan fingerprint density at radius 2 is 2.12 bits per heavy atom. The smallest absolute Gasteiger partial charge is 0.407 e. The average Bonchev–Trinajstić information content (AvgIpc) is 2.98. The lowest BCUT2D eigenvalue weighted by Gasteiger charge is -2.19. The standard InChI is InChI=1S/C18H21ClN4O2/c1-18(2,3)25-17(24)21-5-4-6-23-12-15(11-22-23)14-7-13(10-20)8-16(19)9-14/h7-9,11-12H,4-6H2,1-3H3,(H,21,24). The van der Waals surface area contributed by atoms with Crippen molar-refractivity contribution in [1.29, 1.82) is 5.26 Å². The fourth-order valence-corrected chi connectivity index (χ4v) is 2.44. The molecular weight excluding hydrogens is 340 g/mol. The number of aromatic nitrogens is 2. The first-order chi connectivity index (χ1) is 11.8. The van der Waals surface area contributed by atoms with Gasteiger partial charge in [0.05, 0.1) is 17.8 Å². The van der Waals surface area contributed by atoms with Crippen molar-refractivity contribution in [3.8, 4) is 17.2 Å². The molecule has 0 saturated heterocycles. The van der Waals surface area contributed by atoms with Gasteiger partial charge in [-0.05, 0) is 51.0 Å². The number of rotatable bonds is 5. The second kappa shape index (κ2) is 8.04. The topological polar surface area (TPSA) is 79.9 Å². The van der Waals surface area contributed by atoms with Crippen molar-refractivity contribution in [2.45, 2.75) is 39.3 Å². The van der Waals surface area contributed by atoms with E-state index in [1.54, 1.807) is 29.1 Å². The number of carbonyl (C=O) groups is 1. The first-order valence-corrected chi connectivity index (χ1v) is 8.35. The molecule has 2 rings (SSSR count). The van der Waals surface area contributed by atoms with Gasteiger partial charge in [0.15, 0.2) is 0 Å². The van der Waals surface area contributed by atoms with Crippen molar-refractivity contribution >= 4 is 17.7 Å². The Hall–Kier alpha value is -2.52. The van der Waals surface area contributed by atoms with Crippen LogP contribution >= 0.6 is 11.6 Å².